The summed E-state index contributed by atoms with van der Waals surface area (Å²) < 4.78 is 4.79. The van der Waals surface area contributed by atoms with Gasteiger partial charge >= 0.3 is 5.97 Å². The van der Waals surface area contributed by atoms with Gasteiger partial charge in [-0.25, -0.2) is 4.79 Å². The zero-order valence-corrected chi connectivity index (χ0v) is 10.8. The molecule has 17 heavy (non-hydrogen) atoms. The van der Waals surface area contributed by atoms with E-state index in [2.05, 4.69) is 24.6 Å². The van der Waals surface area contributed by atoms with Crippen LogP contribution in [0.3, 0.4) is 0 Å². The average molecular weight is 258 g/mol. The highest BCUT2D eigenvalue weighted by molar-refractivity contribution is 5.85. The lowest BCUT2D eigenvalue weighted by atomic mass is 10.4. The van der Waals surface area contributed by atoms with Crippen molar-refractivity contribution < 1.29 is 9.53 Å². The second-order valence-electron chi connectivity index (χ2n) is 3.12. The summed E-state index contributed by atoms with van der Waals surface area (Å²) in [5, 5.41) is 0. The van der Waals surface area contributed by atoms with Gasteiger partial charge in [-0.15, -0.1) is 25.6 Å². The van der Waals surface area contributed by atoms with Gasteiger partial charge in [-0.2, -0.15) is 0 Å². The summed E-state index contributed by atoms with van der Waals surface area (Å²) in [5.41, 5.74) is 0. The third-order valence-electron chi connectivity index (χ3n) is 1.74. The van der Waals surface area contributed by atoms with E-state index in [-0.39, 0.29) is 25.0 Å². The lowest BCUT2D eigenvalue weighted by molar-refractivity contribution is -0.136. The lowest BCUT2D eigenvalue weighted by Crippen LogP contribution is -2.24. The molecule has 4 heteroatoms. The maximum atomic E-state index is 11.1. The van der Waals surface area contributed by atoms with E-state index in [9.17, 15) is 4.79 Å². The van der Waals surface area contributed by atoms with Crippen molar-refractivity contribution in [3.63, 3.8) is 0 Å². The van der Waals surface area contributed by atoms with E-state index in [1.54, 1.807) is 6.08 Å². The number of hydrogen-bond donors (Lipinski definition) is 0. The highest BCUT2D eigenvalue weighted by atomic mass is 35.5. The Morgan fingerprint density at radius 2 is 1.65 bits per heavy atom. The van der Waals surface area contributed by atoms with Crippen LogP contribution in [0.25, 0.3) is 0 Å². The summed E-state index contributed by atoms with van der Waals surface area (Å²) in [6.45, 7) is 13.2. The number of carbonyl (C=O) groups is 1. The van der Waals surface area contributed by atoms with Crippen LogP contribution in [0.1, 0.15) is 0 Å². The van der Waals surface area contributed by atoms with E-state index < -0.39 is 0 Å². The summed E-state index contributed by atoms with van der Waals surface area (Å²) in [6, 6.07) is 0. The summed E-state index contributed by atoms with van der Waals surface area (Å²) in [4.78, 5) is 13.2. The van der Waals surface area contributed by atoms with Gasteiger partial charge in [-0.05, 0) is 0 Å². The van der Waals surface area contributed by atoms with E-state index in [1.807, 2.05) is 12.2 Å². The molecule has 3 nitrogen and oxygen atoms in total. The van der Waals surface area contributed by atoms with Crippen molar-refractivity contribution in [3.8, 4) is 0 Å². The molecule has 0 N–H and O–H groups in total. The van der Waals surface area contributed by atoms with Gasteiger partial charge in [0.25, 0.3) is 0 Å². The third kappa shape index (κ3) is 11.0. The quantitative estimate of drug-likeness (QED) is 0.361. The van der Waals surface area contributed by atoms with Gasteiger partial charge in [-0.1, -0.05) is 30.9 Å². The summed E-state index contributed by atoms with van der Waals surface area (Å²) in [5.74, 6) is -0.350. The molecule has 0 atom stereocenters. The van der Waals surface area contributed by atoms with Gasteiger partial charge in [0.05, 0.1) is 0 Å². The fraction of sp³-hybridized carbons (Fsp3) is 0.308. The van der Waals surface area contributed by atoms with Crippen molar-refractivity contribution in [2.75, 3.05) is 26.2 Å². The van der Waals surface area contributed by atoms with Crippen LogP contribution in [0.2, 0.25) is 0 Å². The maximum Gasteiger partial charge on any atom is 0.330 e. The molecular weight excluding hydrogens is 238 g/mol. The summed E-state index contributed by atoms with van der Waals surface area (Å²) in [7, 11) is 0. The molecule has 0 aliphatic carbocycles. The lowest BCUT2D eigenvalue weighted by Gasteiger charge is -2.15. The smallest absolute Gasteiger partial charge is 0.330 e. The number of hydrogen-bond acceptors (Lipinski definition) is 3. The number of ether oxygens (including phenoxy) is 1. The predicted octanol–water partition coefficient (Wildman–Crippen LogP) is 2.37. The van der Waals surface area contributed by atoms with Crippen molar-refractivity contribution in [1.82, 2.24) is 4.90 Å². The monoisotopic (exact) mass is 257 g/mol. The number of esters is 1. The standard InChI is InChI=1S/C13H19NO2.ClH/c1-4-9-14(10-5-2)11-7-8-13(15)16-12-6-3;/h4-8H,1-3,9-12H2;1H/b8-7+;. The first-order valence-electron chi connectivity index (χ1n) is 5.13. The van der Waals surface area contributed by atoms with Crippen molar-refractivity contribution in [3.05, 3.63) is 50.1 Å². The molecule has 96 valence electrons. The zero-order valence-electron chi connectivity index (χ0n) is 10.0. The number of rotatable bonds is 9. The van der Waals surface area contributed by atoms with Gasteiger partial charge in [-0.3, -0.25) is 4.90 Å². The van der Waals surface area contributed by atoms with Gasteiger partial charge < -0.3 is 4.74 Å². The molecule has 0 amide bonds. The molecule has 0 aromatic rings. The van der Waals surface area contributed by atoms with Crippen LogP contribution in [0.15, 0.2) is 50.1 Å². The zero-order chi connectivity index (χ0) is 12.2. The molecule has 0 fully saturated rings. The summed E-state index contributed by atoms with van der Waals surface area (Å²) in [6.07, 6.45) is 8.34. The fourth-order valence-electron chi connectivity index (χ4n) is 1.08. The number of carbonyl (C=O) groups excluding carboxylic acids is 1. The third-order valence-corrected chi connectivity index (χ3v) is 1.74. The molecule has 0 radical (unpaired) electrons. The molecule has 0 unspecified atom stereocenters. The minimum atomic E-state index is -0.350. The first-order chi connectivity index (χ1) is 7.74. The van der Waals surface area contributed by atoms with Crippen molar-refractivity contribution in [2.24, 2.45) is 0 Å². The van der Waals surface area contributed by atoms with E-state index in [0.717, 1.165) is 13.1 Å². The Hall–Kier alpha value is -1.32. The Morgan fingerprint density at radius 3 is 2.12 bits per heavy atom. The van der Waals surface area contributed by atoms with Gasteiger partial charge in [0.15, 0.2) is 0 Å². The Kier molecular flexibility index (Phi) is 13.5. The second kappa shape index (κ2) is 12.7. The van der Waals surface area contributed by atoms with E-state index >= 15 is 0 Å². The molecule has 0 aliphatic heterocycles. The van der Waals surface area contributed by atoms with Gasteiger partial charge in [0.2, 0.25) is 0 Å². The second-order valence-corrected chi connectivity index (χ2v) is 3.12. The van der Waals surface area contributed by atoms with Crippen LogP contribution >= 0.6 is 12.4 Å². The van der Waals surface area contributed by atoms with Crippen molar-refractivity contribution in [2.45, 2.75) is 0 Å². The van der Waals surface area contributed by atoms with Gasteiger partial charge in [0, 0.05) is 25.7 Å². The topological polar surface area (TPSA) is 29.5 Å². The van der Waals surface area contributed by atoms with Crippen LogP contribution in [-0.4, -0.2) is 37.1 Å². The molecule has 0 saturated heterocycles. The van der Waals surface area contributed by atoms with E-state index in [0.29, 0.717) is 6.54 Å². The number of nitrogens with zero attached hydrogens (tertiary/aromatic N) is 1. The molecule has 0 aliphatic rings. The first kappa shape index (κ1) is 18.1. The Morgan fingerprint density at radius 1 is 1.06 bits per heavy atom. The first-order valence-corrected chi connectivity index (χ1v) is 5.13. The minimum Gasteiger partial charge on any atom is -0.458 e. The molecule has 0 aromatic heterocycles. The van der Waals surface area contributed by atoms with Crippen LogP contribution < -0.4 is 0 Å². The molecule has 0 spiro atoms. The molecule has 0 rings (SSSR count). The average Bonchev–Trinajstić information content (AvgIpc) is 2.27. The normalized spacial score (nSPS) is 9.71. The highest BCUT2D eigenvalue weighted by Gasteiger charge is 1.98. The maximum absolute atomic E-state index is 11.1. The predicted molar refractivity (Wildman–Crippen MR) is 74.4 cm³/mol. The molecule has 0 aromatic carbocycles. The van der Waals surface area contributed by atoms with E-state index in [4.69, 9.17) is 4.74 Å². The number of halogens is 1. The molecule has 0 saturated carbocycles. The van der Waals surface area contributed by atoms with Crippen LogP contribution in [0.4, 0.5) is 0 Å². The Bertz CT molecular complexity index is 265. The molecule has 0 heterocycles. The summed E-state index contributed by atoms with van der Waals surface area (Å²) >= 11 is 0. The van der Waals surface area contributed by atoms with Crippen LogP contribution in [0.5, 0.6) is 0 Å². The molecule has 0 bridgehead atoms. The Labute approximate surface area is 110 Å². The molecular formula is C13H20ClNO2. The van der Waals surface area contributed by atoms with Crippen molar-refractivity contribution >= 4 is 18.4 Å². The minimum absolute atomic E-state index is 0. The Balaban J connectivity index is 0. The fourth-order valence-corrected chi connectivity index (χ4v) is 1.08. The van der Waals surface area contributed by atoms with E-state index in [1.165, 1.54) is 12.2 Å². The largest absolute Gasteiger partial charge is 0.458 e. The van der Waals surface area contributed by atoms with Crippen LogP contribution in [-0.2, 0) is 9.53 Å². The van der Waals surface area contributed by atoms with Crippen molar-refractivity contribution in [1.29, 1.82) is 0 Å². The van der Waals surface area contributed by atoms with Crippen LogP contribution in [0, 0.1) is 0 Å². The SMILES string of the molecule is C=CCOC(=O)/C=C/CN(CC=C)CC=C.Cl. The highest BCUT2D eigenvalue weighted by Crippen LogP contribution is 1.91. The van der Waals surface area contributed by atoms with Gasteiger partial charge in [0.1, 0.15) is 6.61 Å².